The Morgan fingerprint density at radius 3 is 2.67 bits per heavy atom. The standard InChI is InChI=1S/C11H15NO2.ClH/c1-14-8-4-6-9-5-2-3-7-10(9)11(12)13;/h2-3,5,7H,4,6,8H2,1H3,(H2,12,13);1H. The molecule has 0 fully saturated rings. The van der Waals surface area contributed by atoms with Gasteiger partial charge in [-0.2, -0.15) is 0 Å². The molecule has 1 aromatic carbocycles. The van der Waals surface area contributed by atoms with Crippen molar-refractivity contribution in [2.75, 3.05) is 13.7 Å². The van der Waals surface area contributed by atoms with Gasteiger partial charge in [0.25, 0.3) is 0 Å². The van der Waals surface area contributed by atoms with Crippen molar-refractivity contribution < 1.29 is 9.53 Å². The zero-order chi connectivity index (χ0) is 10.4. The van der Waals surface area contributed by atoms with Gasteiger partial charge in [-0.1, -0.05) is 18.2 Å². The highest BCUT2D eigenvalue weighted by molar-refractivity contribution is 5.94. The number of hydrogen-bond donors (Lipinski definition) is 1. The van der Waals surface area contributed by atoms with E-state index < -0.39 is 0 Å². The van der Waals surface area contributed by atoms with Gasteiger partial charge in [-0.25, -0.2) is 0 Å². The van der Waals surface area contributed by atoms with Crippen molar-refractivity contribution in [3.63, 3.8) is 0 Å². The predicted molar refractivity (Wildman–Crippen MR) is 62.4 cm³/mol. The quantitative estimate of drug-likeness (QED) is 0.783. The third kappa shape index (κ3) is 4.32. The minimum atomic E-state index is -0.363. The lowest BCUT2D eigenvalue weighted by molar-refractivity contribution is 0.0999. The maximum atomic E-state index is 11.0. The minimum Gasteiger partial charge on any atom is -0.385 e. The zero-order valence-corrected chi connectivity index (χ0v) is 9.55. The summed E-state index contributed by atoms with van der Waals surface area (Å²) in [7, 11) is 1.67. The van der Waals surface area contributed by atoms with Crippen LogP contribution < -0.4 is 5.73 Å². The largest absolute Gasteiger partial charge is 0.385 e. The van der Waals surface area contributed by atoms with Crippen LogP contribution in [0.1, 0.15) is 22.3 Å². The number of hydrogen-bond acceptors (Lipinski definition) is 2. The fourth-order valence-electron chi connectivity index (χ4n) is 1.39. The van der Waals surface area contributed by atoms with Gasteiger partial charge in [-0.15, -0.1) is 12.4 Å². The molecule has 0 atom stereocenters. The van der Waals surface area contributed by atoms with Gasteiger partial charge >= 0.3 is 0 Å². The van der Waals surface area contributed by atoms with Crippen molar-refractivity contribution in [3.8, 4) is 0 Å². The Hall–Kier alpha value is -1.06. The van der Waals surface area contributed by atoms with Crippen LogP contribution in [-0.4, -0.2) is 19.6 Å². The molecule has 0 aliphatic heterocycles. The second kappa shape index (κ2) is 7.26. The second-order valence-electron chi connectivity index (χ2n) is 3.12. The van der Waals surface area contributed by atoms with Gasteiger partial charge in [-0.05, 0) is 24.5 Å². The van der Waals surface area contributed by atoms with Crippen LogP contribution in [0.5, 0.6) is 0 Å². The molecule has 4 heteroatoms. The summed E-state index contributed by atoms with van der Waals surface area (Å²) in [5, 5.41) is 0. The summed E-state index contributed by atoms with van der Waals surface area (Å²) in [5.41, 5.74) is 6.86. The van der Waals surface area contributed by atoms with Gasteiger partial charge in [0, 0.05) is 19.3 Å². The SMILES string of the molecule is COCCCc1ccccc1C(N)=O.Cl. The summed E-state index contributed by atoms with van der Waals surface area (Å²) in [4.78, 5) is 11.0. The number of nitrogens with two attached hydrogens (primary N) is 1. The average molecular weight is 230 g/mol. The summed E-state index contributed by atoms with van der Waals surface area (Å²) in [6.07, 6.45) is 1.73. The Bertz CT molecular complexity index is 315. The Kier molecular flexibility index (Phi) is 6.75. The highest BCUT2D eigenvalue weighted by Gasteiger charge is 2.05. The molecule has 0 aliphatic carbocycles. The Balaban J connectivity index is 0.00000196. The monoisotopic (exact) mass is 229 g/mol. The number of halogens is 1. The van der Waals surface area contributed by atoms with Crippen LogP contribution in [0.3, 0.4) is 0 Å². The van der Waals surface area contributed by atoms with Crippen molar-refractivity contribution in [1.29, 1.82) is 0 Å². The van der Waals surface area contributed by atoms with E-state index in [1.807, 2.05) is 18.2 Å². The highest BCUT2D eigenvalue weighted by atomic mass is 35.5. The van der Waals surface area contributed by atoms with Crippen LogP contribution >= 0.6 is 12.4 Å². The molecule has 1 aromatic rings. The first kappa shape index (κ1) is 13.9. The average Bonchev–Trinajstić information content (AvgIpc) is 2.19. The maximum absolute atomic E-state index is 11.0. The summed E-state index contributed by atoms with van der Waals surface area (Å²) >= 11 is 0. The molecule has 0 bridgehead atoms. The molecular formula is C11H16ClNO2. The third-order valence-corrected chi connectivity index (χ3v) is 2.08. The number of methoxy groups -OCH3 is 1. The number of amides is 1. The molecule has 1 amide bonds. The van der Waals surface area contributed by atoms with Gasteiger partial charge in [0.05, 0.1) is 0 Å². The van der Waals surface area contributed by atoms with Crippen molar-refractivity contribution in [3.05, 3.63) is 35.4 Å². The first-order valence-corrected chi connectivity index (χ1v) is 4.62. The molecule has 0 heterocycles. The zero-order valence-electron chi connectivity index (χ0n) is 8.73. The van der Waals surface area contributed by atoms with E-state index in [2.05, 4.69) is 0 Å². The lowest BCUT2D eigenvalue weighted by atomic mass is 10.0. The summed E-state index contributed by atoms with van der Waals surface area (Å²) in [6.45, 7) is 0.701. The molecule has 1 rings (SSSR count). The number of aryl methyl sites for hydroxylation is 1. The van der Waals surface area contributed by atoms with Gasteiger partial charge < -0.3 is 10.5 Å². The van der Waals surface area contributed by atoms with Crippen LogP contribution in [0.2, 0.25) is 0 Å². The number of rotatable bonds is 5. The van der Waals surface area contributed by atoms with Gasteiger partial charge in [0.15, 0.2) is 0 Å². The lowest BCUT2D eigenvalue weighted by Gasteiger charge is -2.05. The molecule has 0 spiro atoms. The van der Waals surface area contributed by atoms with E-state index in [0.29, 0.717) is 12.2 Å². The minimum absolute atomic E-state index is 0. The fourth-order valence-corrected chi connectivity index (χ4v) is 1.39. The van der Waals surface area contributed by atoms with Gasteiger partial charge in [0.2, 0.25) is 5.91 Å². The van der Waals surface area contributed by atoms with Crippen molar-refractivity contribution in [1.82, 2.24) is 0 Å². The van der Waals surface area contributed by atoms with E-state index in [-0.39, 0.29) is 18.3 Å². The number of primary amides is 1. The molecule has 0 saturated carbocycles. The van der Waals surface area contributed by atoms with Crippen LogP contribution in [0.15, 0.2) is 24.3 Å². The molecule has 0 radical (unpaired) electrons. The third-order valence-electron chi connectivity index (χ3n) is 2.08. The van der Waals surface area contributed by atoms with Crippen LogP contribution in [-0.2, 0) is 11.2 Å². The summed E-state index contributed by atoms with van der Waals surface area (Å²) in [5.74, 6) is -0.363. The van der Waals surface area contributed by atoms with Gasteiger partial charge in [0.1, 0.15) is 0 Å². The van der Waals surface area contributed by atoms with Crippen molar-refractivity contribution >= 4 is 18.3 Å². The number of carbonyl (C=O) groups excluding carboxylic acids is 1. The van der Waals surface area contributed by atoms with E-state index in [4.69, 9.17) is 10.5 Å². The maximum Gasteiger partial charge on any atom is 0.248 e. The fraction of sp³-hybridized carbons (Fsp3) is 0.364. The molecule has 3 nitrogen and oxygen atoms in total. The van der Waals surface area contributed by atoms with Crippen LogP contribution in [0.4, 0.5) is 0 Å². The number of ether oxygens (including phenoxy) is 1. The Morgan fingerprint density at radius 1 is 1.40 bits per heavy atom. The molecule has 2 N–H and O–H groups in total. The van der Waals surface area contributed by atoms with Crippen LogP contribution in [0.25, 0.3) is 0 Å². The molecule has 0 aliphatic rings. The Morgan fingerprint density at radius 2 is 2.07 bits per heavy atom. The molecule has 15 heavy (non-hydrogen) atoms. The van der Waals surface area contributed by atoms with E-state index in [0.717, 1.165) is 18.4 Å². The first-order valence-electron chi connectivity index (χ1n) is 4.62. The summed E-state index contributed by atoms with van der Waals surface area (Å²) in [6, 6.07) is 7.41. The van der Waals surface area contributed by atoms with E-state index in [1.165, 1.54) is 0 Å². The number of benzene rings is 1. The smallest absolute Gasteiger partial charge is 0.248 e. The van der Waals surface area contributed by atoms with Crippen molar-refractivity contribution in [2.45, 2.75) is 12.8 Å². The van der Waals surface area contributed by atoms with E-state index >= 15 is 0 Å². The topological polar surface area (TPSA) is 52.3 Å². The Labute approximate surface area is 96.0 Å². The molecule has 0 saturated heterocycles. The first-order chi connectivity index (χ1) is 6.75. The second-order valence-corrected chi connectivity index (χ2v) is 3.12. The predicted octanol–water partition coefficient (Wildman–Crippen LogP) is 1.79. The molecular weight excluding hydrogens is 214 g/mol. The molecule has 0 aromatic heterocycles. The molecule has 84 valence electrons. The van der Waals surface area contributed by atoms with Crippen LogP contribution in [0, 0.1) is 0 Å². The number of carbonyl (C=O) groups is 1. The molecule has 0 unspecified atom stereocenters. The normalized spacial score (nSPS) is 9.40. The van der Waals surface area contributed by atoms with E-state index in [9.17, 15) is 4.79 Å². The summed E-state index contributed by atoms with van der Waals surface area (Å²) < 4.78 is 4.95. The lowest BCUT2D eigenvalue weighted by Crippen LogP contribution is -2.13. The highest BCUT2D eigenvalue weighted by Crippen LogP contribution is 2.10. The van der Waals surface area contributed by atoms with Gasteiger partial charge in [-0.3, -0.25) is 4.79 Å². The van der Waals surface area contributed by atoms with E-state index in [1.54, 1.807) is 13.2 Å². The van der Waals surface area contributed by atoms with Crippen molar-refractivity contribution in [2.24, 2.45) is 5.73 Å².